The molecule has 0 aliphatic heterocycles. The number of pyridine rings is 1. The quantitative estimate of drug-likeness (QED) is 0.918. The van der Waals surface area contributed by atoms with Crippen LogP contribution in [0.5, 0.6) is 0 Å². The Hall–Kier alpha value is -1.68. The van der Waals surface area contributed by atoms with Gasteiger partial charge in [0, 0.05) is 17.9 Å². The van der Waals surface area contributed by atoms with Crippen molar-refractivity contribution in [2.24, 2.45) is 0 Å². The van der Waals surface area contributed by atoms with Gasteiger partial charge in [0.2, 0.25) is 0 Å². The molecule has 1 N–H and O–H groups in total. The first-order chi connectivity index (χ1) is 10.3. The van der Waals surface area contributed by atoms with Crippen molar-refractivity contribution in [3.05, 3.63) is 41.1 Å². The lowest BCUT2D eigenvalue weighted by Gasteiger charge is -2.15. The molecular formula is C17H24N4. The first-order valence-electron chi connectivity index (χ1n) is 8.01. The summed E-state index contributed by atoms with van der Waals surface area (Å²) in [6.07, 6.45) is 8.86. The van der Waals surface area contributed by atoms with Gasteiger partial charge >= 0.3 is 0 Å². The van der Waals surface area contributed by atoms with Crippen LogP contribution in [0.2, 0.25) is 0 Å². The molecule has 0 aromatic carbocycles. The number of imidazole rings is 1. The second kappa shape index (κ2) is 6.39. The molecule has 3 rings (SSSR count). The van der Waals surface area contributed by atoms with Gasteiger partial charge in [-0.15, -0.1) is 0 Å². The molecule has 0 atom stereocenters. The van der Waals surface area contributed by atoms with Crippen molar-refractivity contribution in [3.63, 3.8) is 0 Å². The van der Waals surface area contributed by atoms with Crippen molar-refractivity contribution in [1.29, 1.82) is 0 Å². The van der Waals surface area contributed by atoms with Gasteiger partial charge in [-0.05, 0) is 56.8 Å². The Morgan fingerprint density at radius 1 is 1.24 bits per heavy atom. The van der Waals surface area contributed by atoms with Gasteiger partial charge in [-0.3, -0.25) is 4.57 Å². The van der Waals surface area contributed by atoms with Crippen LogP contribution in [0.3, 0.4) is 0 Å². The Morgan fingerprint density at radius 3 is 2.90 bits per heavy atom. The average molecular weight is 284 g/mol. The van der Waals surface area contributed by atoms with E-state index in [0.717, 1.165) is 38.0 Å². The molecule has 1 aliphatic rings. The Kier molecular flexibility index (Phi) is 4.34. The summed E-state index contributed by atoms with van der Waals surface area (Å²) >= 11 is 0. The largest absolute Gasteiger partial charge is 0.316 e. The van der Waals surface area contributed by atoms with E-state index < -0.39 is 0 Å². The Bertz CT molecular complexity index is 591. The summed E-state index contributed by atoms with van der Waals surface area (Å²) in [6, 6.07) is 4.40. The number of aromatic nitrogens is 3. The fraction of sp³-hybridized carbons (Fsp3) is 0.529. The predicted molar refractivity (Wildman–Crippen MR) is 84.8 cm³/mol. The molecule has 0 amide bonds. The van der Waals surface area contributed by atoms with Crippen molar-refractivity contribution >= 4 is 0 Å². The standard InChI is InChI=1S/C17H24N4/c1-3-6-14-9-13(11-18-2)10-17(20-14)21-12-19-15-7-4-5-8-16(15)21/h9-10,12,18H,3-8,11H2,1-2H3. The minimum Gasteiger partial charge on any atom is -0.316 e. The normalized spacial score (nSPS) is 14.2. The molecule has 2 aromatic rings. The molecule has 4 heteroatoms. The molecule has 2 aromatic heterocycles. The van der Waals surface area contributed by atoms with Crippen LogP contribution in [-0.4, -0.2) is 21.6 Å². The first kappa shape index (κ1) is 14.3. The Labute approximate surface area is 126 Å². The third-order valence-corrected chi connectivity index (χ3v) is 4.09. The van der Waals surface area contributed by atoms with E-state index in [4.69, 9.17) is 4.98 Å². The fourth-order valence-corrected chi connectivity index (χ4v) is 3.11. The number of hydrogen-bond acceptors (Lipinski definition) is 3. The number of rotatable bonds is 5. The zero-order valence-corrected chi connectivity index (χ0v) is 13.0. The van der Waals surface area contributed by atoms with E-state index >= 15 is 0 Å². The van der Waals surface area contributed by atoms with Crippen molar-refractivity contribution in [1.82, 2.24) is 19.9 Å². The topological polar surface area (TPSA) is 42.7 Å². The van der Waals surface area contributed by atoms with Gasteiger partial charge in [0.05, 0.1) is 5.69 Å². The lowest BCUT2D eigenvalue weighted by molar-refractivity contribution is 0.653. The zero-order valence-electron chi connectivity index (χ0n) is 13.0. The minimum atomic E-state index is 0.878. The highest BCUT2D eigenvalue weighted by molar-refractivity contribution is 5.35. The molecule has 0 saturated carbocycles. The summed E-state index contributed by atoms with van der Waals surface area (Å²) in [7, 11) is 1.98. The van der Waals surface area contributed by atoms with Crippen LogP contribution in [-0.2, 0) is 25.8 Å². The lowest BCUT2D eigenvalue weighted by atomic mass is 10.0. The van der Waals surface area contributed by atoms with E-state index in [9.17, 15) is 0 Å². The van der Waals surface area contributed by atoms with Crippen molar-refractivity contribution < 1.29 is 0 Å². The maximum atomic E-state index is 4.85. The molecule has 21 heavy (non-hydrogen) atoms. The molecule has 0 spiro atoms. The van der Waals surface area contributed by atoms with Crippen LogP contribution < -0.4 is 5.32 Å². The molecular weight excluding hydrogens is 260 g/mol. The van der Waals surface area contributed by atoms with Crippen LogP contribution in [0, 0.1) is 0 Å². The molecule has 1 aliphatic carbocycles. The molecule has 0 unspecified atom stereocenters. The van der Waals surface area contributed by atoms with Gasteiger partial charge in [-0.25, -0.2) is 9.97 Å². The first-order valence-corrected chi connectivity index (χ1v) is 8.01. The number of fused-ring (bicyclic) bond motifs is 1. The van der Waals surface area contributed by atoms with Gasteiger partial charge < -0.3 is 5.32 Å². The fourth-order valence-electron chi connectivity index (χ4n) is 3.11. The van der Waals surface area contributed by atoms with E-state index in [1.807, 2.05) is 13.4 Å². The molecule has 0 saturated heterocycles. The van der Waals surface area contributed by atoms with E-state index in [-0.39, 0.29) is 0 Å². The van der Waals surface area contributed by atoms with E-state index in [1.165, 1.54) is 35.5 Å². The molecule has 0 fully saturated rings. The zero-order chi connectivity index (χ0) is 14.7. The maximum Gasteiger partial charge on any atom is 0.138 e. The third kappa shape index (κ3) is 3.00. The lowest BCUT2D eigenvalue weighted by Crippen LogP contribution is -2.11. The van der Waals surface area contributed by atoms with Gasteiger partial charge in [-0.1, -0.05) is 13.3 Å². The van der Waals surface area contributed by atoms with Crippen molar-refractivity contribution in [2.75, 3.05) is 7.05 Å². The average Bonchev–Trinajstić information content (AvgIpc) is 2.92. The molecule has 2 heterocycles. The van der Waals surface area contributed by atoms with Crippen LogP contribution >= 0.6 is 0 Å². The van der Waals surface area contributed by atoms with E-state index in [0.29, 0.717) is 0 Å². The Morgan fingerprint density at radius 2 is 2.10 bits per heavy atom. The van der Waals surface area contributed by atoms with Crippen LogP contribution in [0.4, 0.5) is 0 Å². The highest BCUT2D eigenvalue weighted by atomic mass is 15.1. The third-order valence-electron chi connectivity index (χ3n) is 4.09. The number of hydrogen-bond donors (Lipinski definition) is 1. The van der Waals surface area contributed by atoms with Crippen LogP contribution in [0.15, 0.2) is 18.5 Å². The molecule has 4 nitrogen and oxygen atoms in total. The number of aryl methyl sites for hydroxylation is 2. The summed E-state index contributed by atoms with van der Waals surface area (Å²) in [5.41, 5.74) is 5.10. The van der Waals surface area contributed by atoms with Crippen molar-refractivity contribution in [2.45, 2.75) is 52.0 Å². The van der Waals surface area contributed by atoms with E-state index in [2.05, 4.69) is 33.9 Å². The van der Waals surface area contributed by atoms with Crippen LogP contribution in [0.25, 0.3) is 5.82 Å². The monoisotopic (exact) mass is 284 g/mol. The number of nitrogens with zero attached hydrogens (tertiary/aromatic N) is 3. The molecule has 0 bridgehead atoms. The summed E-state index contributed by atoms with van der Waals surface area (Å²) in [4.78, 5) is 9.44. The second-order valence-corrected chi connectivity index (χ2v) is 5.82. The predicted octanol–water partition coefficient (Wildman–Crippen LogP) is 2.82. The molecule has 112 valence electrons. The SMILES string of the molecule is CCCc1cc(CNC)cc(-n2cnc3c2CCCC3)n1. The summed E-state index contributed by atoms with van der Waals surface area (Å²) in [6.45, 7) is 3.08. The molecule has 0 radical (unpaired) electrons. The van der Waals surface area contributed by atoms with Gasteiger partial charge in [0.25, 0.3) is 0 Å². The number of nitrogens with one attached hydrogen (secondary N) is 1. The summed E-state index contributed by atoms with van der Waals surface area (Å²) in [5, 5.41) is 3.24. The van der Waals surface area contributed by atoms with E-state index in [1.54, 1.807) is 0 Å². The van der Waals surface area contributed by atoms with Gasteiger partial charge in [0.15, 0.2) is 0 Å². The highest BCUT2D eigenvalue weighted by Crippen LogP contribution is 2.23. The Balaban J connectivity index is 2.02. The van der Waals surface area contributed by atoms with Gasteiger partial charge in [-0.2, -0.15) is 0 Å². The maximum absolute atomic E-state index is 4.85. The summed E-state index contributed by atoms with van der Waals surface area (Å²) < 4.78 is 2.20. The summed E-state index contributed by atoms with van der Waals surface area (Å²) in [5.74, 6) is 1.03. The second-order valence-electron chi connectivity index (χ2n) is 5.82. The van der Waals surface area contributed by atoms with Crippen LogP contribution in [0.1, 0.15) is 48.8 Å². The smallest absolute Gasteiger partial charge is 0.138 e. The minimum absolute atomic E-state index is 0.878. The van der Waals surface area contributed by atoms with Crippen molar-refractivity contribution in [3.8, 4) is 5.82 Å². The van der Waals surface area contributed by atoms with Gasteiger partial charge in [0.1, 0.15) is 12.1 Å². The highest BCUT2D eigenvalue weighted by Gasteiger charge is 2.17.